The largest absolute Gasteiger partial charge is 0.352 e. The third-order valence-electron chi connectivity index (χ3n) is 3.06. The SMILES string of the molecule is CC(C)CNC(=O)c1cccc2c1CCNC2. The standard InChI is InChI=1S/C14H20N2O/c1-10(2)8-16-14(17)13-5-3-4-11-9-15-7-6-12(11)13/h3-5,10,15H,6-9H2,1-2H3,(H,16,17). The summed E-state index contributed by atoms with van der Waals surface area (Å²) in [6.07, 6.45) is 0.945. The van der Waals surface area contributed by atoms with Gasteiger partial charge in [-0.3, -0.25) is 4.79 Å². The zero-order chi connectivity index (χ0) is 12.3. The number of hydrogen-bond donors (Lipinski definition) is 2. The van der Waals surface area contributed by atoms with Gasteiger partial charge in [-0.05, 0) is 36.1 Å². The summed E-state index contributed by atoms with van der Waals surface area (Å²) in [6, 6.07) is 6.00. The molecule has 1 heterocycles. The number of fused-ring (bicyclic) bond motifs is 1. The Morgan fingerprint density at radius 2 is 2.29 bits per heavy atom. The molecule has 0 unspecified atom stereocenters. The molecule has 1 aliphatic heterocycles. The van der Waals surface area contributed by atoms with Gasteiger partial charge in [-0.25, -0.2) is 0 Å². The van der Waals surface area contributed by atoms with Crippen molar-refractivity contribution in [1.82, 2.24) is 10.6 Å². The van der Waals surface area contributed by atoms with Crippen molar-refractivity contribution in [2.24, 2.45) is 5.92 Å². The Balaban J connectivity index is 2.17. The van der Waals surface area contributed by atoms with Gasteiger partial charge in [-0.1, -0.05) is 26.0 Å². The van der Waals surface area contributed by atoms with Gasteiger partial charge < -0.3 is 10.6 Å². The van der Waals surface area contributed by atoms with Crippen LogP contribution in [0.2, 0.25) is 0 Å². The van der Waals surface area contributed by atoms with Crippen LogP contribution in [0, 0.1) is 5.92 Å². The van der Waals surface area contributed by atoms with E-state index in [4.69, 9.17) is 0 Å². The van der Waals surface area contributed by atoms with Gasteiger partial charge >= 0.3 is 0 Å². The molecule has 0 radical (unpaired) electrons. The summed E-state index contributed by atoms with van der Waals surface area (Å²) >= 11 is 0. The maximum Gasteiger partial charge on any atom is 0.251 e. The summed E-state index contributed by atoms with van der Waals surface area (Å²) < 4.78 is 0. The van der Waals surface area contributed by atoms with Crippen molar-refractivity contribution in [2.75, 3.05) is 13.1 Å². The van der Waals surface area contributed by atoms with Crippen LogP contribution in [0.15, 0.2) is 18.2 Å². The number of rotatable bonds is 3. The van der Waals surface area contributed by atoms with E-state index in [9.17, 15) is 4.79 Å². The molecule has 0 saturated heterocycles. The van der Waals surface area contributed by atoms with Gasteiger partial charge in [0.15, 0.2) is 0 Å². The maximum absolute atomic E-state index is 12.1. The highest BCUT2D eigenvalue weighted by Gasteiger charge is 2.16. The quantitative estimate of drug-likeness (QED) is 0.833. The average molecular weight is 232 g/mol. The number of benzene rings is 1. The first kappa shape index (κ1) is 12.1. The van der Waals surface area contributed by atoms with Crippen molar-refractivity contribution in [3.63, 3.8) is 0 Å². The maximum atomic E-state index is 12.1. The topological polar surface area (TPSA) is 41.1 Å². The molecule has 0 aliphatic carbocycles. The number of carbonyl (C=O) groups excluding carboxylic acids is 1. The lowest BCUT2D eigenvalue weighted by atomic mass is 9.95. The molecule has 92 valence electrons. The van der Waals surface area contributed by atoms with Crippen LogP contribution < -0.4 is 10.6 Å². The van der Waals surface area contributed by atoms with Gasteiger partial charge in [-0.15, -0.1) is 0 Å². The van der Waals surface area contributed by atoms with E-state index < -0.39 is 0 Å². The summed E-state index contributed by atoms with van der Waals surface area (Å²) in [5.74, 6) is 0.553. The van der Waals surface area contributed by atoms with Crippen LogP contribution >= 0.6 is 0 Å². The first-order chi connectivity index (χ1) is 8.18. The number of amides is 1. The normalized spacial score (nSPS) is 14.5. The zero-order valence-electron chi connectivity index (χ0n) is 10.5. The number of nitrogens with one attached hydrogen (secondary N) is 2. The molecule has 1 aromatic carbocycles. The fraction of sp³-hybridized carbons (Fsp3) is 0.500. The Bertz CT molecular complexity index is 413. The highest BCUT2D eigenvalue weighted by atomic mass is 16.1. The highest BCUT2D eigenvalue weighted by Crippen LogP contribution is 2.18. The summed E-state index contributed by atoms with van der Waals surface area (Å²) in [4.78, 5) is 12.1. The van der Waals surface area contributed by atoms with Crippen molar-refractivity contribution in [3.8, 4) is 0 Å². The average Bonchev–Trinajstić information content (AvgIpc) is 2.35. The number of carbonyl (C=O) groups is 1. The molecule has 2 N–H and O–H groups in total. The molecule has 1 aromatic rings. The van der Waals surface area contributed by atoms with Crippen LogP contribution in [0.4, 0.5) is 0 Å². The van der Waals surface area contributed by atoms with Gasteiger partial charge in [0.25, 0.3) is 5.91 Å². The molecule has 0 aromatic heterocycles. The van der Waals surface area contributed by atoms with Crippen molar-refractivity contribution in [3.05, 3.63) is 34.9 Å². The van der Waals surface area contributed by atoms with Crippen LogP contribution in [0.5, 0.6) is 0 Å². The second-order valence-electron chi connectivity index (χ2n) is 4.97. The summed E-state index contributed by atoms with van der Waals surface area (Å²) in [5, 5.41) is 6.31. The first-order valence-electron chi connectivity index (χ1n) is 6.28. The van der Waals surface area contributed by atoms with Crippen molar-refractivity contribution in [1.29, 1.82) is 0 Å². The van der Waals surface area contributed by atoms with Crippen molar-refractivity contribution in [2.45, 2.75) is 26.8 Å². The van der Waals surface area contributed by atoms with E-state index in [1.807, 2.05) is 12.1 Å². The lowest BCUT2D eigenvalue weighted by Crippen LogP contribution is -2.31. The van der Waals surface area contributed by atoms with E-state index >= 15 is 0 Å². The molecule has 3 heteroatoms. The predicted molar refractivity (Wildman–Crippen MR) is 69.0 cm³/mol. The Morgan fingerprint density at radius 3 is 3.06 bits per heavy atom. The smallest absolute Gasteiger partial charge is 0.251 e. The molecular weight excluding hydrogens is 212 g/mol. The lowest BCUT2D eigenvalue weighted by molar-refractivity contribution is 0.0948. The van der Waals surface area contributed by atoms with Gasteiger partial charge in [0.1, 0.15) is 0 Å². The Hall–Kier alpha value is -1.35. The van der Waals surface area contributed by atoms with Gasteiger partial charge in [0, 0.05) is 18.7 Å². The van der Waals surface area contributed by atoms with Crippen LogP contribution in [0.25, 0.3) is 0 Å². The Morgan fingerprint density at radius 1 is 1.47 bits per heavy atom. The Kier molecular flexibility index (Phi) is 3.79. The summed E-state index contributed by atoms with van der Waals surface area (Å²) in [5.41, 5.74) is 3.32. The van der Waals surface area contributed by atoms with Crippen molar-refractivity contribution < 1.29 is 4.79 Å². The number of hydrogen-bond acceptors (Lipinski definition) is 2. The van der Waals surface area contributed by atoms with E-state index in [-0.39, 0.29) is 5.91 Å². The fourth-order valence-corrected chi connectivity index (χ4v) is 2.14. The second-order valence-corrected chi connectivity index (χ2v) is 4.97. The highest BCUT2D eigenvalue weighted by molar-refractivity contribution is 5.96. The van der Waals surface area contributed by atoms with Crippen molar-refractivity contribution >= 4 is 5.91 Å². The van der Waals surface area contributed by atoms with Gasteiger partial charge in [0.2, 0.25) is 0 Å². The van der Waals surface area contributed by atoms with E-state index in [0.717, 1.165) is 31.6 Å². The van der Waals surface area contributed by atoms with Gasteiger partial charge in [-0.2, -0.15) is 0 Å². The molecule has 0 bridgehead atoms. The molecular formula is C14H20N2O. The molecule has 1 amide bonds. The summed E-state index contributed by atoms with van der Waals surface area (Å²) in [7, 11) is 0. The van der Waals surface area contributed by atoms with Crippen LogP contribution in [-0.2, 0) is 13.0 Å². The monoisotopic (exact) mass is 232 g/mol. The van der Waals surface area contributed by atoms with Crippen LogP contribution in [0.3, 0.4) is 0 Å². The fourth-order valence-electron chi connectivity index (χ4n) is 2.14. The predicted octanol–water partition coefficient (Wildman–Crippen LogP) is 1.72. The third-order valence-corrected chi connectivity index (χ3v) is 3.06. The Labute approximate surface area is 103 Å². The molecule has 2 rings (SSSR count). The second kappa shape index (κ2) is 5.32. The first-order valence-corrected chi connectivity index (χ1v) is 6.28. The van der Waals surface area contributed by atoms with E-state index in [1.165, 1.54) is 11.1 Å². The molecule has 1 aliphatic rings. The summed E-state index contributed by atoms with van der Waals surface area (Å²) in [6.45, 7) is 6.78. The van der Waals surface area contributed by atoms with E-state index in [2.05, 4.69) is 30.5 Å². The molecule has 0 spiro atoms. The minimum atomic E-state index is 0.0671. The third kappa shape index (κ3) is 2.86. The van der Waals surface area contributed by atoms with Crippen LogP contribution in [0.1, 0.15) is 35.3 Å². The molecule has 17 heavy (non-hydrogen) atoms. The zero-order valence-corrected chi connectivity index (χ0v) is 10.5. The molecule has 3 nitrogen and oxygen atoms in total. The minimum absolute atomic E-state index is 0.0671. The van der Waals surface area contributed by atoms with E-state index in [0.29, 0.717) is 5.92 Å². The molecule has 0 saturated carbocycles. The molecule has 0 fully saturated rings. The van der Waals surface area contributed by atoms with Gasteiger partial charge in [0.05, 0.1) is 0 Å². The molecule has 0 atom stereocenters. The van der Waals surface area contributed by atoms with E-state index in [1.54, 1.807) is 0 Å². The minimum Gasteiger partial charge on any atom is -0.352 e. The van der Waals surface area contributed by atoms with Crippen LogP contribution in [-0.4, -0.2) is 19.0 Å². The lowest BCUT2D eigenvalue weighted by Gasteiger charge is -2.20.